The number of benzene rings is 4. The van der Waals surface area contributed by atoms with Gasteiger partial charge in [-0.15, -0.1) is 0 Å². The second-order valence-corrected chi connectivity index (χ2v) is 10.6. The Balaban J connectivity index is 0.000000244. The van der Waals surface area contributed by atoms with E-state index in [4.69, 9.17) is 17.3 Å². The van der Waals surface area contributed by atoms with Crippen LogP contribution in [-0.2, 0) is 9.59 Å². The Morgan fingerprint density at radius 2 is 1.18 bits per heavy atom. The molecule has 4 aromatic rings. The van der Waals surface area contributed by atoms with Crippen LogP contribution in [0.5, 0.6) is 0 Å². The minimum Gasteiger partial charge on any atom is -0.397 e. The topological polar surface area (TPSA) is 113 Å². The van der Waals surface area contributed by atoms with E-state index in [0.717, 1.165) is 16.7 Å². The number of carbonyl (C=O) groups excluding carboxylic acids is 3. The Morgan fingerprint density at radius 3 is 1.68 bits per heavy atom. The summed E-state index contributed by atoms with van der Waals surface area (Å²) in [5.41, 5.74) is 14.4. The first-order valence-corrected chi connectivity index (χ1v) is 14.3. The van der Waals surface area contributed by atoms with Crippen LogP contribution in [0.1, 0.15) is 43.7 Å². The van der Waals surface area contributed by atoms with Crippen molar-refractivity contribution in [3.05, 3.63) is 135 Å². The van der Waals surface area contributed by atoms with E-state index in [0.29, 0.717) is 27.6 Å². The molecule has 8 heteroatoms. The molecule has 0 heterocycles. The number of aryl methyl sites for hydroxylation is 4. The zero-order chi connectivity index (χ0) is 32.2. The number of nitrogens with one attached hydrogen (secondary N) is 3. The number of carbonyl (C=O) groups is 3. The fourth-order valence-corrected chi connectivity index (χ4v) is 4.16. The van der Waals surface area contributed by atoms with E-state index < -0.39 is 0 Å². The Bertz CT molecular complexity index is 1730. The third-order valence-corrected chi connectivity index (χ3v) is 7.08. The Kier molecular flexibility index (Phi) is 12.1. The molecule has 0 saturated carbocycles. The van der Waals surface area contributed by atoms with Crippen LogP contribution in [0.3, 0.4) is 0 Å². The van der Waals surface area contributed by atoms with Crippen molar-refractivity contribution in [3.63, 3.8) is 0 Å². The first-order chi connectivity index (χ1) is 21.0. The highest BCUT2D eigenvalue weighted by Crippen LogP contribution is 2.22. The van der Waals surface area contributed by atoms with E-state index in [1.165, 1.54) is 35.9 Å². The summed E-state index contributed by atoms with van der Waals surface area (Å²) < 4.78 is 0. The number of hydrogen-bond acceptors (Lipinski definition) is 4. The second-order valence-electron chi connectivity index (χ2n) is 10.2. The Morgan fingerprint density at radius 1 is 0.659 bits per heavy atom. The van der Waals surface area contributed by atoms with Crippen LogP contribution in [0.4, 0.5) is 17.1 Å². The zero-order valence-electron chi connectivity index (χ0n) is 25.5. The monoisotopic (exact) mass is 608 g/mol. The molecule has 0 aromatic heterocycles. The molecular formula is C36H37ClN4O3. The number of amides is 3. The van der Waals surface area contributed by atoms with Crippen molar-refractivity contribution >= 4 is 58.5 Å². The highest BCUT2D eigenvalue weighted by atomic mass is 35.5. The lowest BCUT2D eigenvalue weighted by atomic mass is 10.1. The molecule has 4 aromatic carbocycles. The van der Waals surface area contributed by atoms with Gasteiger partial charge in [-0.25, -0.2) is 0 Å². The quantitative estimate of drug-likeness (QED) is 0.128. The van der Waals surface area contributed by atoms with Gasteiger partial charge in [-0.1, -0.05) is 60.1 Å². The molecule has 0 atom stereocenters. The molecule has 3 amide bonds. The third kappa shape index (κ3) is 10.00. The number of nitrogen functional groups attached to an aromatic ring is 1. The molecule has 0 radical (unpaired) electrons. The maximum atomic E-state index is 12.1. The highest BCUT2D eigenvalue weighted by molar-refractivity contribution is 6.31. The average molecular weight is 609 g/mol. The van der Waals surface area contributed by atoms with Crippen LogP contribution in [0.25, 0.3) is 12.2 Å². The lowest BCUT2D eigenvalue weighted by Crippen LogP contribution is -2.20. The van der Waals surface area contributed by atoms with Gasteiger partial charge >= 0.3 is 0 Å². The van der Waals surface area contributed by atoms with Crippen molar-refractivity contribution in [1.29, 1.82) is 0 Å². The Labute approximate surface area is 263 Å². The van der Waals surface area contributed by atoms with E-state index in [2.05, 4.69) is 35.9 Å². The van der Waals surface area contributed by atoms with Crippen LogP contribution in [0.2, 0.25) is 5.02 Å². The smallest absolute Gasteiger partial charge is 0.253 e. The molecule has 0 aliphatic carbocycles. The number of halogens is 1. The minimum absolute atomic E-state index is 0.193. The van der Waals surface area contributed by atoms with E-state index in [1.807, 2.05) is 56.3 Å². The minimum atomic E-state index is -0.333. The summed E-state index contributed by atoms with van der Waals surface area (Å²) in [4.78, 5) is 35.8. The van der Waals surface area contributed by atoms with Crippen molar-refractivity contribution < 1.29 is 14.4 Å². The first-order valence-electron chi connectivity index (χ1n) is 14.0. The van der Waals surface area contributed by atoms with E-state index in [9.17, 15) is 14.4 Å². The van der Waals surface area contributed by atoms with Gasteiger partial charge in [0.2, 0.25) is 11.8 Å². The number of rotatable bonds is 7. The van der Waals surface area contributed by atoms with Crippen LogP contribution in [0.15, 0.2) is 91.0 Å². The van der Waals surface area contributed by atoms with E-state index in [1.54, 1.807) is 42.5 Å². The number of anilines is 3. The predicted octanol–water partition coefficient (Wildman–Crippen LogP) is 7.51. The summed E-state index contributed by atoms with van der Waals surface area (Å²) in [6.45, 7) is 8.18. The molecular weight excluding hydrogens is 572 g/mol. The van der Waals surface area contributed by atoms with Gasteiger partial charge in [0.1, 0.15) is 0 Å². The summed E-state index contributed by atoms with van der Waals surface area (Å²) in [5, 5.41) is 8.42. The zero-order valence-corrected chi connectivity index (χ0v) is 26.3. The summed E-state index contributed by atoms with van der Waals surface area (Å²) >= 11 is 5.95. The molecule has 0 fully saturated rings. The van der Waals surface area contributed by atoms with Gasteiger partial charge in [-0.05, 0) is 104 Å². The van der Waals surface area contributed by atoms with Crippen molar-refractivity contribution in [2.45, 2.75) is 27.7 Å². The SMILES string of the molecule is CNC(=O)c1ccc(Cl)cc1NC(=O)/C=C/c1ccc(C)c(C)c1.Cc1ccc(/C=C/C(=O)Nc2ccccc2N)cc1C. The fraction of sp³-hybridized carbons (Fsp3) is 0.139. The maximum Gasteiger partial charge on any atom is 0.253 e. The molecule has 5 N–H and O–H groups in total. The van der Waals surface area contributed by atoms with E-state index >= 15 is 0 Å². The van der Waals surface area contributed by atoms with Crippen molar-refractivity contribution in [2.75, 3.05) is 23.4 Å². The van der Waals surface area contributed by atoms with Crippen molar-refractivity contribution in [3.8, 4) is 0 Å². The molecule has 0 bridgehead atoms. The lowest BCUT2D eigenvalue weighted by Gasteiger charge is -2.09. The van der Waals surface area contributed by atoms with Crippen LogP contribution in [-0.4, -0.2) is 24.8 Å². The Hall–Kier alpha value is -5.14. The predicted molar refractivity (Wildman–Crippen MR) is 183 cm³/mol. The van der Waals surface area contributed by atoms with Gasteiger partial charge in [0.25, 0.3) is 5.91 Å². The van der Waals surface area contributed by atoms with Crippen LogP contribution >= 0.6 is 11.6 Å². The molecule has 0 spiro atoms. The summed E-state index contributed by atoms with van der Waals surface area (Å²) in [5.74, 6) is -0.818. The summed E-state index contributed by atoms with van der Waals surface area (Å²) in [6, 6.07) is 24.0. The number of para-hydroxylation sites is 2. The molecule has 0 aliphatic rings. The van der Waals surface area contributed by atoms with Gasteiger partial charge in [-0.2, -0.15) is 0 Å². The third-order valence-electron chi connectivity index (χ3n) is 6.85. The molecule has 7 nitrogen and oxygen atoms in total. The van der Waals surface area contributed by atoms with Gasteiger partial charge < -0.3 is 21.7 Å². The first kappa shape index (κ1) is 33.4. The van der Waals surface area contributed by atoms with Gasteiger partial charge in [-0.3, -0.25) is 14.4 Å². The highest BCUT2D eigenvalue weighted by Gasteiger charge is 2.12. The standard InChI is InChI=1S/C19H19ClN2O2.C17H18N2O/c1-12-4-5-14(10-13(12)2)6-9-18(23)22-17-11-15(20)7-8-16(17)19(24)21-3;1-12-7-8-14(11-13(12)2)9-10-17(20)19-16-6-4-3-5-15(16)18/h4-11H,1-3H3,(H,21,24)(H,22,23);3-11H,18H2,1-2H3,(H,19,20)/b9-6+;10-9+. The van der Waals surface area contributed by atoms with Crippen molar-refractivity contribution in [1.82, 2.24) is 5.32 Å². The molecule has 0 aliphatic heterocycles. The second kappa shape index (κ2) is 15.9. The summed E-state index contributed by atoms with van der Waals surface area (Å²) in [7, 11) is 1.53. The number of nitrogens with two attached hydrogens (primary N) is 1. The van der Waals surface area contributed by atoms with Crippen LogP contribution in [0, 0.1) is 27.7 Å². The van der Waals surface area contributed by atoms with Gasteiger partial charge in [0.05, 0.1) is 22.6 Å². The number of hydrogen-bond donors (Lipinski definition) is 4. The van der Waals surface area contributed by atoms with Crippen molar-refractivity contribution in [2.24, 2.45) is 0 Å². The summed E-state index contributed by atoms with van der Waals surface area (Å²) in [6.07, 6.45) is 6.46. The van der Waals surface area contributed by atoms with E-state index in [-0.39, 0.29) is 17.7 Å². The normalized spacial score (nSPS) is 10.7. The maximum absolute atomic E-state index is 12.1. The molecule has 0 saturated heterocycles. The molecule has 226 valence electrons. The molecule has 44 heavy (non-hydrogen) atoms. The van der Waals surface area contributed by atoms with Crippen LogP contribution < -0.4 is 21.7 Å². The largest absolute Gasteiger partial charge is 0.397 e. The van der Waals surface area contributed by atoms with Gasteiger partial charge in [0, 0.05) is 24.2 Å². The average Bonchev–Trinajstić information content (AvgIpc) is 2.99. The fourth-order valence-electron chi connectivity index (χ4n) is 3.99. The lowest BCUT2D eigenvalue weighted by molar-refractivity contribution is -0.112. The molecule has 0 unspecified atom stereocenters. The molecule has 4 rings (SSSR count). The van der Waals surface area contributed by atoms with Gasteiger partial charge in [0.15, 0.2) is 0 Å².